The quantitative estimate of drug-likeness (QED) is 0.594. The van der Waals surface area contributed by atoms with E-state index in [1.165, 1.54) is 6.26 Å². The Morgan fingerprint density at radius 2 is 2.04 bits per heavy atom. The van der Waals surface area contributed by atoms with E-state index in [1.807, 2.05) is 25.7 Å². The third-order valence-electron chi connectivity index (χ3n) is 4.52. The summed E-state index contributed by atoms with van der Waals surface area (Å²) in [5.41, 5.74) is 0. The van der Waals surface area contributed by atoms with Gasteiger partial charge >= 0.3 is 0 Å². The van der Waals surface area contributed by atoms with Crippen LogP contribution in [-0.2, 0) is 6.42 Å². The van der Waals surface area contributed by atoms with E-state index in [9.17, 15) is 4.79 Å². The van der Waals surface area contributed by atoms with Crippen molar-refractivity contribution in [3.05, 3.63) is 35.9 Å². The number of hydrogen-bond acceptors (Lipinski definition) is 6. The Morgan fingerprint density at radius 3 is 2.64 bits per heavy atom. The van der Waals surface area contributed by atoms with Crippen LogP contribution in [0.15, 0.2) is 32.3 Å². The minimum atomic E-state index is -0.0658. The molecule has 0 saturated carbocycles. The molecule has 3 heterocycles. The molecule has 9 nitrogen and oxygen atoms in total. The molecule has 2 aromatic rings. The molecule has 3 rings (SSSR count). The highest BCUT2D eigenvalue weighted by Gasteiger charge is 2.25. The van der Waals surface area contributed by atoms with Crippen molar-refractivity contribution >= 4 is 11.9 Å². The largest absolute Gasteiger partial charge is 0.459 e. The second kappa shape index (κ2) is 9.38. The van der Waals surface area contributed by atoms with Crippen LogP contribution in [0.3, 0.4) is 0 Å². The Balaban J connectivity index is 1.53. The Morgan fingerprint density at radius 1 is 1.29 bits per heavy atom. The third-order valence-corrected chi connectivity index (χ3v) is 4.52. The van der Waals surface area contributed by atoms with E-state index in [0.29, 0.717) is 37.7 Å². The van der Waals surface area contributed by atoms with Crippen LogP contribution in [0, 0.1) is 0 Å². The summed E-state index contributed by atoms with van der Waals surface area (Å²) in [7, 11) is 0. The number of rotatable bonds is 6. The van der Waals surface area contributed by atoms with Crippen LogP contribution in [0.25, 0.3) is 0 Å². The zero-order chi connectivity index (χ0) is 19.9. The van der Waals surface area contributed by atoms with E-state index in [1.54, 1.807) is 12.1 Å². The van der Waals surface area contributed by atoms with Crippen molar-refractivity contribution in [1.82, 2.24) is 25.3 Å². The molecule has 1 amide bonds. The molecule has 0 aromatic carbocycles. The molecule has 1 fully saturated rings. The van der Waals surface area contributed by atoms with Gasteiger partial charge in [0.1, 0.15) is 0 Å². The van der Waals surface area contributed by atoms with Gasteiger partial charge in [-0.25, -0.2) is 0 Å². The topological polar surface area (TPSA) is 100 Å². The fraction of sp³-hybridized carbons (Fsp3) is 0.579. The molecule has 0 atom stereocenters. The lowest BCUT2D eigenvalue weighted by atomic mass is 10.2. The van der Waals surface area contributed by atoms with Crippen molar-refractivity contribution in [3.63, 3.8) is 0 Å². The van der Waals surface area contributed by atoms with Crippen LogP contribution in [-0.4, -0.2) is 71.1 Å². The van der Waals surface area contributed by atoms with Crippen molar-refractivity contribution in [2.45, 2.75) is 33.1 Å². The van der Waals surface area contributed by atoms with Gasteiger partial charge in [0.15, 0.2) is 17.5 Å². The number of carbonyl (C=O) groups is 1. The van der Waals surface area contributed by atoms with Gasteiger partial charge in [-0.15, -0.1) is 0 Å². The lowest BCUT2D eigenvalue weighted by Gasteiger charge is -2.36. The van der Waals surface area contributed by atoms with Gasteiger partial charge in [-0.05, 0) is 19.1 Å². The summed E-state index contributed by atoms with van der Waals surface area (Å²) < 4.78 is 10.5. The summed E-state index contributed by atoms with van der Waals surface area (Å²) in [5, 5.41) is 7.30. The Kier molecular flexibility index (Phi) is 6.67. The van der Waals surface area contributed by atoms with Crippen molar-refractivity contribution in [1.29, 1.82) is 0 Å². The number of piperazine rings is 1. The van der Waals surface area contributed by atoms with Gasteiger partial charge in [0, 0.05) is 45.1 Å². The number of nitrogens with one attached hydrogen (secondary N) is 1. The summed E-state index contributed by atoms with van der Waals surface area (Å²) in [4.78, 5) is 25.4. The number of carbonyl (C=O) groups excluding carboxylic acids is 1. The normalized spacial score (nSPS) is 15.4. The van der Waals surface area contributed by atoms with Gasteiger partial charge in [-0.2, -0.15) is 4.98 Å². The summed E-state index contributed by atoms with van der Waals surface area (Å²) in [6.07, 6.45) is 2.12. The summed E-state index contributed by atoms with van der Waals surface area (Å²) in [6.45, 7) is 10.2. The van der Waals surface area contributed by atoms with Crippen LogP contribution in [0.4, 0.5) is 0 Å². The van der Waals surface area contributed by atoms with Crippen molar-refractivity contribution in [2.75, 3.05) is 39.3 Å². The molecule has 1 aliphatic rings. The fourth-order valence-corrected chi connectivity index (χ4v) is 2.96. The van der Waals surface area contributed by atoms with Gasteiger partial charge in [0.05, 0.1) is 12.8 Å². The first kappa shape index (κ1) is 19.9. The summed E-state index contributed by atoms with van der Waals surface area (Å²) in [5.74, 6) is 2.74. The predicted octanol–water partition coefficient (Wildman–Crippen LogP) is 1.75. The molecule has 0 spiro atoms. The number of amides is 1. The zero-order valence-electron chi connectivity index (χ0n) is 16.7. The molecule has 2 aromatic heterocycles. The molecule has 152 valence electrons. The zero-order valence-corrected chi connectivity index (χ0v) is 16.7. The maximum Gasteiger partial charge on any atom is 0.289 e. The predicted molar refractivity (Wildman–Crippen MR) is 104 cm³/mol. The average Bonchev–Trinajstić information content (AvgIpc) is 3.39. The minimum Gasteiger partial charge on any atom is -0.459 e. The minimum absolute atomic E-state index is 0.0658. The van der Waals surface area contributed by atoms with Crippen LogP contribution < -0.4 is 5.32 Å². The first-order valence-corrected chi connectivity index (χ1v) is 9.77. The van der Waals surface area contributed by atoms with E-state index in [0.717, 1.165) is 31.4 Å². The Hall–Kier alpha value is -2.84. The van der Waals surface area contributed by atoms with Gasteiger partial charge in [0.25, 0.3) is 5.91 Å². The SMILES string of the molecule is CCNC(=NCCc1nc(C(C)C)no1)N1CCN(C(=O)c2ccco2)CC1. The van der Waals surface area contributed by atoms with Crippen LogP contribution in [0.1, 0.15) is 49.0 Å². The molecule has 1 N–H and O–H groups in total. The summed E-state index contributed by atoms with van der Waals surface area (Å²) >= 11 is 0. The second-order valence-electron chi connectivity index (χ2n) is 6.94. The number of hydrogen-bond donors (Lipinski definition) is 1. The van der Waals surface area contributed by atoms with E-state index < -0.39 is 0 Å². The second-order valence-corrected chi connectivity index (χ2v) is 6.94. The van der Waals surface area contributed by atoms with Gasteiger partial charge in [0.2, 0.25) is 5.89 Å². The van der Waals surface area contributed by atoms with Crippen molar-refractivity contribution in [2.24, 2.45) is 4.99 Å². The van der Waals surface area contributed by atoms with Crippen molar-refractivity contribution < 1.29 is 13.7 Å². The van der Waals surface area contributed by atoms with E-state index in [2.05, 4.69) is 25.3 Å². The van der Waals surface area contributed by atoms with E-state index in [-0.39, 0.29) is 11.8 Å². The van der Waals surface area contributed by atoms with Crippen molar-refractivity contribution in [3.8, 4) is 0 Å². The van der Waals surface area contributed by atoms with E-state index >= 15 is 0 Å². The number of aliphatic imine (C=N–C) groups is 1. The lowest BCUT2D eigenvalue weighted by Crippen LogP contribution is -2.53. The van der Waals surface area contributed by atoms with Gasteiger partial charge in [-0.1, -0.05) is 19.0 Å². The molecular weight excluding hydrogens is 360 g/mol. The molecule has 0 bridgehead atoms. The molecule has 9 heteroatoms. The molecule has 0 unspecified atom stereocenters. The molecule has 0 aliphatic carbocycles. The molecule has 1 aliphatic heterocycles. The van der Waals surface area contributed by atoms with Gasteiger partial charge < -0.3 is 24.1 Å². The smallest absolute Gasteiger partial charge is 0.289 e. The number of furan rings is 1. The Bertz CT molecular complexity index is 775. The van der Waals surface area contributed by atoms with Gasteiger partial charge in [-0.3, -0.25) is 9.79 Å². The monoisotopic (exact) mass is 388 g/mol. The number of aromatic nitrogens is 2. The van der Waals surface area contributed by atoms with E-state index in [4.69, 9.17) is 8.94 Å². The highest BCUT2D eigenvalue weighted by atomic mass is 16.5. The Labute approximate surface area is 164 Å². The van der Waals surface area contributed by atoms with Crippen LogP contribution in [0.5, 0.6) is 0 Å². The third kappa shape index (κ3) is 4.90. The molecule has 1 saturated heterocycles. The molecule has 0 radical (unpaired) electrons. The number of guanidine groups is 1. The first-order chi connectivity index (χ1) is 13.6. The lowest BCUT2D eigenvalue weighted by molar-refractivity contribution is 0.0657. The standard InChI is InChI=1S/C19H28N6O3/c1-4-20-19(21-8-7-16-22-17(14(2)3)23-28-16)25-11-9-24(10-12-25)18(26)15-6-5-13-27-15/h5-6,13-14H,4,7-12H2,1-3H3,(H,20,21). The summed E-state index contributed by atoms with van der Waals surface area (Å²) in [6, 6.07) is 3.43. The average molecular weight is 388 g/mol. The highest BCUT2D eigenvalue weighted by molar-refractivity contribution is 5.91. The maximum absolute atomic E-state index is 12.4. The maximum atomic E-state index is 12.4. The fourth-order valence-electron chi connectivity index (χ4n) is 2.96. The molecule has 28 heavy (non-hydrogen) atoms. The van der Waals surface area contributed by atoms with Crippen LogP contribution >= 0.6 is 0 Å². The van der Waals surface area contributed by atoms with Crippen LogP contribution in [0.2, 0.25) is 0 Å². The molecular formula is C19H28N6O3. The first-order valence-electron chi connectivity index (χ1n) is 9.77. The highest BCUT2D eigenvalue weighted by Crippen LogP contribution is 2.11. The number of nitrogens with zero attached hydrogens (tertiary/aromatic N) is 5.